The molecule has 0 amide bonds. The number of ether oxygens (including phenoxy) is 1. The number of esters is 1. The summed E-state index contributed by atoms with van der Waals surface area (Å²) in [7, 11) is 1.23. The third kappa shape index (κ3) is 4.98. The zero-order valence-electron chi connectivity index (χ0n) is 13.6. The van der Waals surface area contributed by atoms with E-state index >= 15 is 0 Å². The highest BCUT2D eigenvalue weighted by molar-refractivity contribution is 6.42. The molecule has 0 saturated carbocycles. The SMILES string of the molecule is CCC(=C=C(C)C)[C@](O)(/C=C/c1ccc(Cl)c(Cl)c1)C(=O)OC. The Balaban J connectivity index is 3.37. The molecule has 0 unspecified atom stereocenters. The first-order valence-electron chi connectivity index (χ1n) is 7.13. The zero-order chi connectivity index (χ0) is 17.6. The molecular formula is C18H20Cl2O3. The van der Waals surface area contributed by atoms with E-state index in [4.69, 9.17) is 27.9 Å². The van der Waals surface area contributed by atoms with Crippen molar-refractivity contribution < 1.29 is 14.6 Å². The van der Waals surface area contributed by atoms with Gasteiger partial charge in [-0.1, -0.05) is 42.3 Å². The van der Waals surface area contributed by atoms with Gasteiger partial charge in [-0.2, -0.15) is 0 Å². The first-order chi connectivity index (χ1) is 10.7. The van der Waals surface area contributed by atoms with E-state index in [2.05, 4.69) is 5.73 Å². The predicted octanol–water partition coefficient (Wildman–Crippen LogP) is 4.81. The molecular weight excluding hydrogens is 335 g/mol. The summed E-state index contributed by atoms with van der Waals surface area (Å²) >= 11 is 11.8. The van der Waals surface area contributed by atoms with Crippen LogP contribution in [0.1, 0.15) is 32.8 Å². The molecule has 23 heavy (non-hydrogen) atoms. The Morgan fingerprint density at radius 1 is 1.35 bits per heavy atom. The lowest BCUT2D eigenvalue weighted by molar-refractivity contribution is -0.154. The second-order valence-corrected chi connectivity index (χ2v) is 6.04. The van der Waals surface area contributed by atoms with Crippen molar-refractivity contribution in [2.75, 3.05) is 7.11 Å². The van der Waals surface area contributed by atoms with Crippen LogP contribution in [0.5, 0.6) is 0 Å². The number of rotatable bonds is 5. The minimum absolute atomic E-state index is 0.394. The summed E-state index contributed by atoms with van der Waals surface area (Å²) in [6, 6.07) is 5.03. The third-order valence-corrected chi connectivity index (χ3v) is 3.91. The van der Waals surface area contributed by atoms with Crippen LogP contribution in [0.25, 0.3) is 6.08 Å². The normalized spacial score (nSPS) is 13.3. The van der Waals surface area contributed by atoms with Crippen LogP contribution in [0, 0.1) is 0 Å². The summed E-state index contributed by atoms with van der Waals surface area (Å²) < 4.78 is 4.75. The van der Waals surface area contributed by atoms with Crippen molar-refractivity contribution in [1.29, 1.82) is 0 Å². The van der Waals surface area contributed by atoms with Crippen LogP contribution in [0.4, 0.5) is 0 Å². The maximum absolute atomic E-state index is 12.1. The van der Waals surface area contributed by atoms with Crippen LogP contribution in [0.2, 0.25) is 10.0 Å². The lowest BCUT2D eigenvalue weighted by Gasteiger charge is -2.23. The average molecular weight is 355 g/mol. The number of carbonyl (C=O) groups is 1. The minimum Gasteiger partial charge on any atom is -0.466 e. The van der Waals surface area contributed by atoms with Crippen molar-refractivity contribution in [3.8, 4) is 0 Å². The molecule has 0 saturated heterocycles. The number of carbonyl (C=O) groups excluding carboxylic acids is 1. The molecule has 0 aromatic heterocycles. The van der Waals surface area contributed by atoms with E-state index < -0.39 is 11.6 Å². The topological polar surface area (TPSA) is 46.5 Å². The van der Waals surface area contributed by atoms with Crippen LogP contribution in [0.3, 0.4) is 0 Å². The number of hydrogen-bond donors (Lipinski definition) is 1. The lowest BCUT2D eigenvalue weighted by atomic mass is 9.90. The molecule has 0 bridgehead atoms. The summed E-state index contributed by atoms with van der Waals surface area (Å²) in [5, 5.41) is 11.7. The standard InChI is InChI=1S/C18H20Cl2O3/c1-5-14(10-12(2)3)18(22,17(21)23-4)9-8-13-6-7-15(19)16(20)11-13/h6-9,11,22H,5H2,1-4H3/b9-8+/t18-/m1/s1. The monoisotopic (exact) mass is 354 g/mol. The Morgan fingerprint density at radius 3 is 2.48 bits per heavy atom. The Kier molecular flexibility index (Phi) is 7.11. The molecule has 0 aliphatic carbocycles. The molecule has 0 fully saturated rings. The molecule has 0 heterocycles. The summed E-state index contributed by atoms with van der Waals surface area (Å²) in [5.74, 6) is -0.764. The van der Waals surface area contributed by atoms with Crippen molar-refractivity contribution in [2.45, 2.75) is 32.8 Å². The van der Waals surface area contributed by atoms with E-state index in [1.165, 1.54) is 13.2 Å². The van der Waals surface area contributed by atoms with Gasteiger partial charge in [0.25, 0.3) is 0 Å². The highest BCUT2D eigenvalue weighted by Gasteiger charge is 2.38. The molecule has 0 spiro atoms. The summed E-state index contributed by atoms with van der Waals surface area (Å²) in [4.78, 5) is 12.1. The summed E-state index contributed by atoms with van der Waals surface area (Å²) in [5.41, 5.74) is 3.13. The number of methoxy groups -OCH3 is 1. The van der Waals surface area contributed by atoms with E-state index in [0.29, 0.717) is 27.6 Å². The van der Waals surface area contributed by atoms with Gasteiger partial charge in [0.2, 0.25) is 5.60 Å². The van der Waals surface area contributed by atoms with Crippen molar-refractivity contribution in [2.24, 2.45) is 0 Å². The van der Waals surface area contributed by atoms with Gasteiger partial charge in [0.1, 0.15) is 0 Å². The molecule has 1 rings (SSSR count). The molecule has 1 atom stereocenters. The largest absolute Gasteiger partial charge is 0.466 e. The van der Waals surface area contributed by atoms with Crippen molar-refractivity contribution in [3.05, 3.63) is 56.8 Å². The Morgan fingerprint density at radius 2 is 2.00 bits per heavy atom. The number of hydrogen-bond acceptors (Lipinski definition) is 3. The maximum atomic E-state index is 12.1. The second-order valence-electron chi connectivity index (χ2n) is 5.22. The quantitative estimate of drug-likeness (QED) is 0.609. The number of halogens is 2. The van der Waals surface area contributed by atoms with Gasteiger partial charge in [-0.05, 0) is 49.6 Å². The first kappa shape index (κ1) is 19.5. The van der Waals surface area contributed by atoms with Gasteiger partial charge in [0, 0.05) is 5.57 Å². The maximum Gasteiger partial charge on any atom is 0.347 e. The Bertz CT molecular complexity index is 682. The van der Waals surface area contributed by atoms with Crippen molar-refractivity contribution in [3.63, 3.8) is 0 Å². The predicted molar refractivity (Wildman–Crippen MR) is 94.6 cm³/mol. The lowest BCUT2D eigenvalue weighted by Crippen LogP contribution is -2.39. The fraction of sp³-hybridized carbons (Fsp3) is 0.333. The van der Waals surface area contributed by atoms with Crippen LogP contribution < -0.4 is 0 Å². The van der Waals surface area contributed by atoms with E-state index in [-0.39, 0.29) is 0 Å². The van der Waals surface area contributed by atoms with Gasteiger partial charge in [-0.25, -0.2) is 4.79 Å². The second kappa shape index (κ2) is 8.37. The van der Waals surface area contributed by atoms with Gasteiger partial charge in [0.15, 0.2) is 0 Å². The van der Waals surface area contributed by atoms with Crippen molar-refractivity contribution in [1.82, 2.24) is 0 Å². The highest BCUT2D eigenvalue weighted by atomic mass is 35.5. The number of benzene rings is 1. The van der Waals surface area contributed by atoms with Crippen LogP contribution in [0.15, 0.2) is 41.2 Å². The van der Waals surface area contributed by atoms with E-state index in [0.717, 1.165) is 5.57 Å². The molecule has 124 valence electrons. The Labute approximate surface area is 146 Å². The Hall–Kier alpha value is -1.51. The van der Waals surface area contributed by atoms with E-state index in [1.54, 1.807) is 24.3 Å². The van der Waals surface area contributed by atoms with Crippen LogP contribution >= 0.6 is 23.2 Å². The molecule has 3 nitrogen and oxygen atoms in total. The molecule has 0 aliphatic heterocycles. The zero-order valence-corrected chi connectivity index (χ0v) is 15.1. The van der Waals surface area contributed by atoms with E-state index in [1.807, 2.05) is 20.8 Å². The van der Waals surface area contributed by atoms with Crippen LogP contribution in [-0.4, -0.2) is 23.8 Å². The fourth-order valence-corrected chi connectivity index (χ4v) is 2.34. The molecule has 5 heteroatoms. The average Bonchev–Trinajstić information content (AvgIpc) is 2.52. The third-order valence-electron chi connectivity index (χ3n) is 3.17. The smallest absolute Gasteiger partial charge is 0.347 e. The summed E-state index contributed by atoms with van der Waals surface area (Å²) in [6.07, 6.45) is 3.43. The molecule has 0 aliphatic rings. The molecule has 1 aromatic rings. The van der Waals surface area contributed by atoms with Gasteiger partial charge in [0.05, 0.1) is 17.2 Å². The first-order valence-corrected chi connectivity index (χ1v) is 7.88. The molecule has 1 N–H and O–H groups in total. The summed E-state index contributed by atoms with van der Waals surface area (Å²) in [6.45, 7) is 5.53. The van der Waals surface area contributed by atoms with Gasteiger partial charge in [-0.3, -0.25) is 0 Å². The minimum atomic E-state index is -1.88. The fourth-order valence-electron chi connectivity index (χ4n) is 2.04. The highest BCUT2D eigenvalue weighted by Crippen LogP contribution is 2.27. The number of aliphatic hydroxyl groups is 1. The molecule has 0 radical (unpaired) electrons. The van der Waals surface area contributed by atoms with E-state index in [9.17, 15) is 9.90 Å². The van der Waals surface area contributed by atoms with Gasteiger partial charge >= 0.3 is 5.97 Å². The molecule has 1 aromatic carbocycles. The van der Waals surface area contributed by atoms with Crippen molar-refractivity contribution >= 4 is 35.2 Å². The van der Waals surface area contributed by atoms with Gasteiger partial charge in [-0.15, -0.1) is 5.73 Å². The van der Waals surface area contributed by atoms with Crippen LogP contribution in [-0.2, 0) is 9.53 Å². The van der Waals surface area contributed by atoms with Gasteiger partial charge < -0.3 is 9.84 Å².